The summed E-state index contributed by atoms with van der Waals surface area (Å²) >= 11 is 0. The molecule has 1 amide bonds. The van der Waals surface area contributed by atoms with Crippen LogP contribution in [0.25, 0.3) is 21.7 Å². The minimum Gasteiger partial charge on any atom is -0.508 e. The van der Waals surface area contributed by atoms with Gasteiger partial charge in [0.25, 0.3) is 11.5 Å². The number of aryl methyl sites for hydroxylation is 2. The van der Waals surface area contributed by atoms with Gasteiger partial charge in [0.15, 0.2) is 5.58 Å². The summed E-state index contributed by atoms with van der Waals surface area (Å²) in [4.78, 5) is 28.2. The number of hydrogen-bond acceptors (Lipinski definition) is 7. The number of rotatable bonds is 6. The molecule has 9 heteroatoms. The lowest BCUT2D eigenvalue weighted by Gasteiger charge is -2.31. The van der Waals surface area contributed by atoms with E-state index < -0.39 is 0 Å². The SMILES string of the molecule is Cc1ccc2c(C3CCN(CCCOc4ccc5c(c4)C(=O)N(C)CC5)CC3)noc2c1.Cn1ccc2ccc(O)cc2c1=O. The number of fused-ring (bicyclic) bond motifs is 3. The summed E-state index contributed by atoms with van der Waals surface area (Å²) in [5.74, 6) is 1.47. The molecule has 5 aromatic rings. The molecule has 2 aliphatic heterocycles. The maximum absolute atomic E-state index is 12.4. The Morgan fingerprint density at radius 3 is 2.60 bits per heavy atom. The van der Waals surface area contributed by atoms with E-state index in [9.17, 15) is 14.7 Å². The maximum atomic E-state index is 12.4. The van der Waals surface area contributed by atoms with Crippen molar-refractivity contribution in [2.75, 3.05) is 39.8 Å². The molecule has 0 aliphatic carbocycles. The second-order valence-corrected chi connectivity index (χ2v) is 12.2. The second kappa shape index (κ2) is 13.2. The van der Waals surface area contributed by atoms with Crippen LogP contribution in [0.4, 0.5) is 0 Å². The normalized spacial score (nSPS) is 15.6. The van der Waals surface area contributed by atoms with Crippen LogP contribution in [0.3, 0.4) is 0 Å². The highest BCUT2D eigenvalue weighted by atomic mass is 16.5. The van der Waals surface area contributed by atoms with Gasteiger partial charge in [0.1, 0.15) is 11.5 Å². The first-order valence-electron chi connectivity index (χ1n) is 15.6. The van der Waals surface area contributed by atoms with Crippen molar-refractivity contribution in [3.63, 3.8) is 0 Å². The van der Waals surface area contributed by atoms with Gasteiger partial charge in [-0.3, -0.25) is 9.59 Å². The van der Waals surface area contributed by atoms with Gasteiger partial charge < -0.3 is 28.7 Å². The quantitative estimate of drug-likeness (QED) is 0.249. The Balaban J connectivity index is 0.000000229. The van der Waals surface area contributed by atoms with E-state index in [4.69, 9.17) is 9.26 Å². The number of pyridine rings is 1. The van der Waals surface area contributed by atoms with Gasteiger partial charge in [-0.15, -0.1) is 0 Å². The summed E-state index contributed by atoms with van der Waals surface area (Å²) in [6.45, 7) is 6.70. The van der Waals surface area contributed by atoms with Crippen LogP contribution in [0, 0.1) is 6.92 Å². The first-order chi connectivity index (χ1) is 21.8. The van der Waals surface area contributed by atoms with E-state index in [0.29, 0.717) is 17.9 Å². The van der Waals surface area contributed by atoms with E-state index in [2.05, 4.69) is 35.2 Å². The zero-order valence-electron chi connectivity index (χ0n) is 26.2. The monoisotopic (exact) mass is 608 g/mol. The maximum Gasteiger partial charge on any atom is 0.258 e. The molecule has 7 rings (SSSR count). The van der Waals surface area contributed by atoms with Gasteiger partial charge in [-0.25, -0.2) is 0 Å². The number of piperidine rings is 1. The number of likely N-dealkylation sites (N-methyl/N-ethyl adjacent to an activating group) is 1. The van der Waals surface area contributed by atoms with Gasteiger partial charge in [0, 0.05) is 50.2 Å². The number of hydrogen-bond donors (Lipinski definition) is 1. The summed E-state index contributed by atoms with van der Waals surface area (Å²) in [6, 6.07) is 18.9. The summed E-state index contributed by atoms with van der Waals surface area (Å²) in [5.41, 5.74) is 5.04. The van der Waals surface area contributed by atoms with Crippen molar-refractivity contribution in [3.8, 4) is 11.5 Å². The summed E-state index contributed by atoms with van der Waals surface area (Å²) in [7, 11) is 3.54. The lowest BCUT2D eigenvalue weighted by Crippen LogP contribution is -2.34. The van der Waals surface area contributed by atoms with Crippen LogP contribution < -0.4 is 10.3 Å². The van der Waals surface area contributed by atoms with Crippen LogP contribution in [0.1, 0.15) is 52.4 Å². The standard InChI is InChI=1S/C26H31N3O3.C10H9NO2/c1-18-4-7-22-24(16-18)32-27-25(22)20-9-13-29(14-10-20)11-3-15-31-21-6-5-19-8-12-28(2)26(30)23(19)17-21;1-11-5-4-7-2-3-8(12)6-9(7)10(11)13/h4-7,16-17,20H,3,8-15H2,1-2H3;2-6,12H,1H3. The molecule has 1 fully saturated rings. The van der Waals surface area contributed by atoms with Crippen LogP contribution >= 0.6 is 0 Å². The van der Waals surface area contributed by atoms with Gasteiger partial charge >= 0.3 is 0 Å². The minimum atomic E-state index is -0.0894. The molecule has 0 atom stereocenters. The Labute approximate surface area is 262 Å². The fraction of sp³-hybridized carbons (Fsp3) is 0.361. The van der Waals surface area contributed by atoms with Crippen LogP contribution in [-0.2, 0) is 13.5 Å². The molecule has 0 radical (unpaired) electrons. The molecular formula is C36H40N4O5. The highest BCUT2D eigenvalue weighted by Crippen LogP contribution is 2.33. The molecule has 45 heavy (non-hydrogen) atoms. The van der Waals surface area contributed by atoms with E-state index in [1.165, 1.54) is 16.2 Å². The lowest BCUT2D eigenvalue weighted by atomic mass is 9.91. The lowest BCUT2D eigenvalue weighted by molar-refractivity contribution is 0.0780. The third-order valence-electron chi connectivity index (χ3n) is 8.96. The average Bonchev–Trinajstić information content (AvgIpc) is 3.47. The number of amides is 1. The van der Waals surface area contributed by atoms with Gasteiger partial charge in [0.05, 0.1) is 17.7 Å². The van der Waals surface area contributed by atoms with E-state index in [0.717, 1.165) is 90.8 Å². The minimum absolute atomic E-state index is 0.0894. The first-order valence-corrected chi connectivity index (χ1v) is 15.6. The number of likely N-dealkylation sites (tertiary alicyclic amines) is 1. The Morgan fingerprint density at radius 2 is 1.78 bits per heavy atom. The van der Waals surface area contributed by atoms with E-state index in [1.807, 2.05) is 31.3 Å². The van der Waals surface area contributed by atoms with Crippen molar-refractivity contribution in [2.24, 2.45) is 7.05 Å². The number of nitrogens with zero attached hydrogens (tertiary/aromatic N) is 4. The number of aromatic nitrogens is 2. The van der Waals surface area contributed by atoms with Gasteiger partial charge in [-0.05, 0) is 105 Å². The van der Waals surface area contributed by atoms with Crippen molar-refractivity contribution < 1.29 is 19.2 Å². The van der Waals surface area contributed by atoms with Crippen LogP contribution in [-0.4, -0.2) is 70.4 Å². The smallest absolute Gasteiger partial charge is 0.258 e. The second-order valence-electron chi connectivity index (χ2n) is 12.2. The van der Waals surface area contributed by atoms with Crippen LogP contribution in [0.2, 0.25) is 0 Å². The predicted molar refractivity (Wildman–Crippen MR) is 175 cm³/mol. The Bertz CT molecular complexity index is 1880. The van der Waals surface area contributed by atoms with Crippen LogP contribution in [0.15, 0.2) is 76.2 Å². The highest BCUT2D eigenvalue weighted by Gasteiger charge is 2.25. The average molecular weight is 609 g/mol. The summed E-state index contributed by atoms with van der Waals surface area (Å²) < 4.78 is 13.0. The molecule has 9 nitrogen and oxygen atoms in total. The topological polar surface area (TPSA) is 101 Å². The van der Waals surface area contributed by atoms with Gasteiger partial charge in [-0.1, -0.05) is 23.4 Å². The van der Waals surface area contributed by atoms with Crippen molar-refractivity contribution >= 4 is 27.6 Å². The third-order valence-corrected chi connectivity index (χ3v) is 8.96. The molecule has 2 aromatic heterocycles. The number of ether oxygens (including phenoxy) is 1. The number of benzene rings is 3. The third kappa shape index (κ3) is 6.73. The zero-order chi connectivity index (χ0) is 31.5. The van der Waals surface area contributed by atoms with Crippen molar-refractivity contribution in [1.82, 2.24) is 19.5 Å². The highest BCUT2D eigenvalue weighted by molar-refractivity contribution is 5.97. The number of phenols is 1. The molecule has 0 bridgehead atoms. The molecule has 1 saturated heterocycles. The number of carbonyl (C=O) groups is 1. The van der Waals surface area contributed by atoms with E-state index in [-0.39, 0.29) is 17.2 Å². The van der Waals surface area contributed by atoms with E-state index >= 15 is 0 Å². The Hall–Kier alpha value is -4.63. The van der Waals surface area contributed by atoms with Crippen LogP contribution in [0.5, 0.6) is 11.5 Å². The Morgan fingerprint density at radius 1 is 0.956 bits per heavy atom. The molecule has 0 saturated carbocycles. The number of aromatic hydroxyl groups is 1. The molecule has 234 valence electrons. The number of carbonyl (C=O) groups excluding carboxylic acids is 1. The summed E-state index contributed by atoms with van der Waals surface area (Å²) in [6.07, 6.45) is 5.81. The first kappa shape index (κ1) is 30.4. The Kier molecular flexibility index (Phi) is 8.89. The van der Waals surface area contributed by atoms with E-state index in [1.54, 1.807) is 30.3 Å². The molecule has 4 heterocycles. The predicted octanol–water partition coefficient (Wildman–Crippen LogP) is 5.66. The molecule has 2 aliphatic rings. The zero-order valence-corrected chi connectivity index (χ0v) is 26.2. The number of phenolic OH excluding ortho intramolecular Hbond substituents is 1. The largest absolute Gasteiger partial charge is 0.508 e. The molecular weight excluding hydrogens is 568 g/mol. The molecule has 1 N–H and O–H groups in total. The van der Waals surface area contributed by atoms with Crippen molar-refractivity contribution in [2.45, 2.75) is 38.5 Å². The fourth-order valence-electron chi connectivity index (χ4n) is 6.25. The fourth-order valence-corrected chi connectivity index (χ4v) is 6.25. The molecule has 0 spiro atoms. The molecule has 3 aromatic carbocycles. The molecule has 0 unspecified atom stereocenters. The summed E-state index contributed by atoms with van der Waals surface area (Å²) in [5, 5.41) is 16.2. The van der Waals surface area contributed by atoms with Gasteiger partial charge in [0.2, 0.25) is 0 Å². The van der Waals surface area contributed by atoms with Crippen molar-refractivity contribution in [3.05, 3.63) is 99.6 Å². The van der Waals surface area contributed by atoms with Gasteiger partial charge in [-0.2, -0.15) is 0 Å². The van der Waals surface area contributed by atoms with Crippen molar-refractivity contribution in [1.29, 1.82) is 0 Å².